The van der Waals surface area contributed by atoms with Gasteiger partial charge in [0.05, 0.1) is 4.92 Å². The second kappa shape index (κ2) is 6.35. The molecule has 1 aliphatic rings. The van der Waals surface area contributed by atoms with Crippen molar-refractivity contribution < 1.29 is 9.66 Å². The molecule has 0 bridgehead atoms. The number of hydrogen-bond donors (Lipinski definition) is 1. The lowest BCUT2D eigenvalue weighted by Crippen LogP contribution is -2.16. The van der Waals surface area contributed by atoms with Crippen molar-refractivity contribution in [1.82, 2.24) is 5.32 Å². The summed E-state index contributed by atoms with van der Waals surface area (Å²) < 4.78 is 5.44. The summed E-state index contributed by atoms with van der Waals surface area (Å²) in [6.45, 7) is 2.46. The smallest absolute Gasteiger partial charge is 0.310 e. The van der Waals surface area contributed by atoms with Gasteiger partial charge in [0.2, 0.25) is 0 Å². The van der Waals surface area contributed by atoms with Gasteiger partial charge in [-0.15, -0.1) is 0 Å². The third kappa shape index (κ3) is 3.68. The van der Waals surface area contributed by atoms with Crippen molar-refractivity contribution in [1.29, 1.82) is 5.26 Å². The molecule has 1 atom stereocenters. The van der Waals surface area contributed by atoms with Gasteiger partial charge in [-0.3, -0.25) is 10.1 Å². The molecule has 2 rings (SSSR count). The monoisotopic (exact) mass is 275 g/mol. The summed E-state index contributed by atoms with van der Waals surface area (Å²) in [4.78, 5) is 10.5. The number of nitro groups is 1. The highest BCUT2D eigenvalue weighted by Gasteiger charge is 2.22. The Morgan fingerprint density at radius 2 is 2.35 bits per heavy atom. The first-order chi connectivity index (χ1) is 9.63. The van der Waals surface area contributed by atoms with Gasteiger partial charge >= 0.3 is 5.69 Å². The molecule has 0 saturated heterocycles. The van der Waals surface area contributed by atoms with Crippen LogP contribution in [-0.2, 0) is 6.54 Å². The summed E-state index contributed by atoms with van der Waals surface area (Å²) in [7, 11) is 0. The highest BCUT2D eigenvalue weighted by Crippen LogP contribution is 2.29. The quantitative estimate of drug-likeness (QED) is 0.610. The summed E-state index contributed by atoms with van der Waals surface area (Å²) in [6.07, 6.45) is 2.18. The van der Waals surface area contributed by atoms with E-state index in [0.717, 1.165) is 5.56 Å². The van der Waals surface area contributed by atoms with Crippen LogP contribution in [0.3, 0.4) is 0 Å². The molecule has 6 nitrogen and oxygen atoms in total. The van der Waals surface area contributed by atoms with Crippen LogP contribution in [0.4, 0.5) is 5.69 Å². The molecule has 1 N–H and O–H groups in total. The fraction of sp³-hybridized carbons (Fsp3) is 0.500. The number of nitriles is 1. The molecule has 0 aliphatic heterocycles. The van der Waals surface area contributed by atoms with Gasteiger partial charge in [0.15, 0.2) is 11.9 Å². The molecule has 6 heteroatoms. The van der Waals surface area contributed by atoms with Crippen molar-refractivity contribution >= 4 is 5.69 Å². The highest BCUT2D eigenvalue weighted by molar-refractivity contribution is 5.48. The third-order valence-electron chi connectivity index (χ3n) is 3.18. The molecule has 0 heterocycles. The number of rotatable bonds is 7. The third-order valence-corrected chi connectivity index (χ3v) is 3.18. The fourth-order valence-corrected chi connectivity index (χ4v) is 1.82. The van der Waals surface area contributed by atoms with E-state index in [-0.39, 0.29) is 11.4 Å². The van der Waals surface area contributed by atoms with Gasteiger partial charge in [-0.05, 0) is 30.9 Å². The number of hydrogen-bond acceptors (Lipinski definition) is 5. The standard InChI is InChI=1S/C14H17N3O3/c1-2-12(8-15)20-14-7-10(9-16-11-4-5-11)3-6-13(14)17(18)19/h3,6-7,11-12,16H,2,4-5,9H2,1H3. The van der Waals surface area contributed by atoms with Crippen LogP contribution < -0.4 is 10.1 Å². The van der Waals surface area contributed by atoms with Gasteiger partial charge in [0.1, 0.15) is 6.07 Å². The van der Waals surface area contributed by atoms with Crippen LogP contribution in [0.2, 0.25) is 0 Å². The van der Waals surface area contributed by atoms with E-state index in [1.807, 2.05) is 6.07 Å². The van der Waals surface area contributed by atoms with Gasteiger partial charge in [0.25, 0.3) is 0 Å². The molecule has 0 amide bonds. The number of ether oxygens (including phenoxy) is 1. The normalized spacial score (nSPS) is 15.4. The Morgan fingerprint density at radius 1 is 1.60 bits per heavy atom. The van der Waals surface area contributed by atoms with E-state index in [2.05, 4.69) is 5.32 Å². The molecule has 0 aromatic heterocycles. The van der Waals surface area contributed by atoms with Crippen LogP contribution >= 0.6 is 0 Å². The summed E-state index contributed by atoms with van der Waals surface area (Å²) in [5.74, 6) is 0.165. The summed E-state index contributed by atoms with van der Waals surface area (Å²) in [6, 6.07) is 7.35. The van der Waals surface area contributed by atoms with Crippen molar-refractivity contribution in [2.24, 2.45) is 0 Å². The van der Waals surface area contributed by atoms with Crippen molar-refractivity contribution in [3.8, 4) is 11.8 Å². The first-order valence-electron chi connectivity index (χ1n) is 6.71. The maximum atomic E-state index is 11.0. The fourth-order valence-electron chi connectivity index (χ4n) is 1.82. The Hall–Kier alpha value is -2.13. The van der Waals surface area contributed by atoms with E-state index in [1.54, 1.807) is 19.1 Å². The molecule has 20 heavy (non-hydrogen) atoms. The van der Waals surface area contributed by atoms with Gasteiger partial charge in [-0.25, -0.2) is 0 Å². The van der Waals surface area contributed by atoms with Gasteiger partial charge in [-0.1, -0.05) is 13.0 Å². The maximum Gasteiger partial charge on any atom is 0.310 e. The highest BCUT2D eigenvalue weighted by atomic mass is 16.6. The molecule has 1 aliphatic carbocycles. The molecule has 0 radical (unpaired) electrons. The molecule has 0 spiro atoms. The number of nitrogens with one attached hydrogen (secondary N) is 1. The lowest BCUT2D eigenvalue weighted by atomic mass is 10.2. The van der Waals surface area contributed by atoms with Gasteiger partial charge in [-0.2, -0.15) is 5.26 Å². The summed E-state index contributed by atoms with van der Waals surface area (Å²) >= 11 is 0. The minimum absolute atomic E-state index is 0.103. The van der Waals surface area contributed by atoms with Crippen LogP contribution in [0.1, 0.15) is 31.7 Å². The maximum absolute atomic E-state index is 11.0. The molecule has 1 fully saturated rings. The zero-order chi connectivity index (χ0) is 14.5. The van der Waals surface area contributed by atoms with Crippen molar-refractivity contribution in [2.75, 3.05) is 0 Å². The Balaban J connectivity index is 2.16. The van der Waals surface area contributed by atoms with Crippen molar-refractivity contribution in [3.63, 3.8) is 0 Å². The van der Waals surface area contributed by atoms with Crippen LogP contribution in [0, 0.1) is 21.4 Å². The Labute approximate surface area is 117 Å². The minimum atomic E-state index is -0.666. The van der Waals surface area contributed by atoms with E-state index in [9.17, 15) is 10.1 Å². The summed E-state index contributed by atoms with van der Waals surface area (Å²) in [5.41, 5.74) is 0.819. The SMILES string of the molecule is CCC(C#N)Oc1cc(CNC2CC2)ccc1[N+](=O)[O-]. The molecule has 1 unspecified atom stereocenters. The van der Waals surface area contributed by atoms with Gasteiger partial charge in [0, 0.05) is 18.7 Å². The predicted molar refractivity (Wildman–Crippen MR) is 73.3 cm³/mol. The minimum Gasteiger partial charge on any atom is -0.468 e. The van der Waals surface area contributed by atoms with E-state index in [1.165, 1.54) is 18.9 Å². The van der Waals surface area contributed by atoms with Crippen LogP contribution in [0.25, 0.3) is 0 Å². The lowest BCUT2D eigenvalue weighted by molar-refractivity contribution is -0.386. The first kappa shape index (κ1) is 14.3. The first-order valence-corrected chi connectivity index (χ1v) is 6.71. The number of nitro benzene ring substituents is 1. The Morgan fingerprint density at radius 3 is 2.90 bits per heavy atom. The zero-order valence-corrected chi connectivity index (χ0v) is 11.3. The topological polar surface area (TPSA) is 88.2 Å². The van der Waals surface area contributed by atoms with E-state index in [4.69, 9.17) is 10.00 Å². The molecule has 1 saturated carbocycles. The van der Waals surface area contributed by atoms with Crippen molar-refractivity contribution in [2.45, 2.75) is 44.9 Å². The predicted octanol–water partition coefficient (Wildman–Crippen LogP) is 2.53. The molecule has 106 valence electrons. The second-order valence-electron chi connectivity index (χ2n) is 4.86. The molecular formula is C14H17N3O3. The number of nitrogens with zero attached hydrogens (tertiary/aromatic N) is 2. The van der Waals surface area contributed by atoms with E-state index < -0.39 is 11.0 Å². The number of benzene rings is 1. The van der Waals surface area contributed by atoms with Gasteiger partial charge < -0.3 is 10.1 Å². The largest absolute Gasteiger partial charge is 0.468 e. The van der Waals surface area contributed by atoms with E-state index in [0.29, 0.717) is 19.0 Å². The summed E-state index contributed by atoms with van der Waals surface area (Å²) in [5, 5.41) is 23.2. The lowest BCUT2D eigenvalue weighted by Gasteiger charge is -2.12. The van der Waals surface area contributed by atoms with Crippen LogP contribution in [0.15, 0.2) is 18.2 Å². The molecule has 1 aromatic carbocycles. The average Bonchev–Trinajstić information content (AvgIpc) is 3.26. The van der Waals surface area contributed by atoms with Crippen molar-refractivity contribution in [3.05, 3.63) is 33.9 Å². The second-order valence-corrected chi connectivity index (χ2v) is 4.86. The van der Waals surface area contributed by atoms with Crippen LogP contribution in [-0.4, -0.2) is 17.1 Å². The zero-order valence-electron chi connectivity index (χ0n) is 11.3. The van der Waals surface area contributed by atoms with Crippen LogP contribution in [0.5, 0.6) is 5.75 Å². The Kier molecular flexibility index (Phi) is 4.53. The Bertz CT molecular complexity index is 535. The molecular weight excluding hydrogens is 258 g/mol. The van der Waals surface area contributed by atoms with E-state index >= 15 is 0 Å². The molecule has 1 aromatic rings. The average molecular weight is 275 g/mol.